The average molecular weight is 397 g/mol. The SMILES string of the molecule is O=C(O)CCOCCOCCOCCNC(=O)OCC1C2CCC#CCCC21. The maximum absolute atomic E-state index is 11.7. The molecule has 1 amide bonds. The summed E-state index contributed by atoms with van der Waals surface area (Å²) >= 11 is 0. The van der Waals surface area contributed by atoms with Crippen molar-refractivity contribution in [2.75, 3.05) is 52.8 Å². The summed E-state index contributed by atoms with van der Waals surface area (Å²) in [5.74, 6) is 7.32. The van der Waals surface area contributed by atoms with Crippen LogP contribution in [0.25, 0.3) is 0 Å². The Morgan fingerprint density at radius 2 is 1.46 bits per heavy atom. The molecule has 2 aliphatic rings. The fourth-order valence-corrected chi connectivity index (χ4v) is 3.43. The largest absolute Gasteiger partial charge is 0.481 e. The van der Waals surface area contributed by atoms with E-state index in [2.05, 4.69) is 17.2 Å². The van der Waals surface area contributed by atoms with E-state index in [1.54, 1.807) is 0 Å². The van der Waals surface area contributed by atoms with Crippen LogP contribution >= 0.6 is 0 Å². The van der Waals surface area contributed by atoms with Crippen LogP contribution < -0.4 is 5.32 Å². The molecule has 1 fully saturated rings. The van der Waals surface area contributed by atoms with Crippen molar-refractivity contribution < 1.29 is 33.6 Å². The van der Waals surface area contributed by atoms with E-state index in [1.165, 1.54) is 0 Å². The van der Waals surface area contributed by atoms with Crippen molar-refractivity contribution in [1.82, 2.24) is 5.32 Å². The first kappa shape index (κ1) is 22.5. The summed E-state index contributed by atoms with van der Waals surface area (Å²) in [6, 6.07) is 0. The van der Waals surface area contributed by atoms with Gasteiger partial charge in [0.15, 0.2) is 0 Å². The first-order valence-electron chi connectivity index (χ1n) is 10.00. The van der Waals surface area contributed by atoms with Crippen LogP contribution in [0, 0.1) is 29.6 Å². The number of ether oxygens (including phenoxy) is 4. The molecule has 1 saturated carbocycles. The Labute approximate surface area is 166 Å². The Kier molecular flexibility index (Phi) is 10.7. The highest BCUT2D eigenvalue weighted by Gasteiger charge is 2.49. The number of carboxylic acid groups (broad SMARTS) is 1. The second-order valence-corrected chi connectivity index (χ2v) is 6.93. The molecule has 2 aliphatic carbocycles. The molecular formula is C20H31NO7. The van der Waals surface area contributed by atoms with Crippen molar-refractivity contribution >= 4 is 12.1 Å². The van der Waals surface area contributed by atoms with Gasteiger partial charge in [-0.3, -0.25) is 4.79 Å². The Bertz CT molecular complexity index is 524. The van der Waals surface area contributed by atoms with E-state index in [1.807, 2.05) is 0 Å². The van der Waals surface area contributed by atoms with Crippen molar-refractivity contribution in [3.05, 3.63) is 0 Å². The van der Waals surface area contributed by atoms with Gasteiger partial charge in [-0.05, 0) is 30.6 Å². The number of hydrogen-bond donors (Lipinski definition) is 2. The highest BCUT2D eigenvalue weighted by Crippen LogP contribution is 2.52. The van der Waals surface area contributed by atoms with Crippen molar-refractivity contribution in [2.24, 2.45) is 17.8 Å². The van der Waals surface area contributed by atoms with Crippen LogP contribution in [-0.2, 0) is 23.7 Å². The third-order valence-corrected chi connectivity index (χ3v) is 4.97. The van der Waals surface area contributed by atoms with E-state index >= 15 is 0 Å². The smallest absolute Gasteiger partial charge is 0.407 e. The van der Waals surface area contributed by atoms with E-state index in [-0.39, 0.29) is 13.0 Å². The molecule has 158 valence electrons. The molecular weight excluding hydrogens is 366 g/mol. The number of nitrogens with one attached hydrogen (secondary N) is 1. The van der Waals surface area contributed by atoms with Gasteiger partial charge in [-0.25, -0.2) is 4.79 Å². The maximum atomic E-state index is 11.7. The van der Waals surface area contributed by atoms with Crippen LogP contribution in [0.4, 0.5) is 4.79 Å². The Morgan fingerprint density at radius 1 is 0.893 bits per heavy atom. The van der Waals surface area contributed by atoms with Crippen LogP contribution in [0.1, 0.15) is 32.1 Å². The quantitative estimate of drug-likeness (QED) is 0.339. The zero-order valence-corrected chi connectivity index (χ0v) is 16.3. The predicted molar refractivity (Wildman–Crippen MR) is 101 cm³/mol. The Hall–Kier alpha value is -1.82. The number of hydrogen-bond acceptors (Lipinski definition) is 6. The Morgan fingerprint density at radius 3 is 2.07 bits per heavy atom. The van der Waals surface area contributed by atoms with Crippen molar-refractivity contribution in [1.29, 1.82) is 0 Å². The van der Waals surface area contributed by atoms with Crippen molar-refractivity contribution in [3.63, 3.8) is 0 Å². The molecule has 28 heavy (non-hydrogen) atoms. The molecule has 0 saturated heterocycles. The number of carbonyl (C=O) groups excluding carboxylic acids is 1. The second kappa shape index (κ2) is 13.4. The zero-order chi connectivity index (χ0) is 20.0. The molecule has 0 bridgehead atoms. The van der Waals surface area contributed by atoms with Gasteiger partial charge < -0.3 is 29.4 Å². The summed E-state index contributed by atoms with van der Waals surface area (Å²) < 4.78 is 21.1. The second-order valence-electron chi connectivity index (χ2n) is 6.93. The van der Waals surface area contributed by atoms with Gasteiger partial charge in [0.25, 0.3) is 0 Å². The maximum Gasteiger partial charge on any atom is 0.407 e. The summed E-state index contributed by atoms with van der Waals surface area (Å²) in [5, 5.41) is 11.1. The number of carboxylic acids is 1. The molecule has 2 atom stereocenters. The number of alkyl carbamates (subject to hydrolysis) is 1. The molecule has 0 aliphatic heterocycles. The van der Waals surface area contributed by atoms with Crippen LogP contribution in [0.5, 0.6) is 0 Å². The number of amides is 1. The summed E-state index contributed by atoms with van der Waals surface area (Å²) in [6.45, 7) is 3.04. The molecule has 0 heterocycles. The third kappa shape index (κ3) is 9.40. The molecule has 2 N–H and O–H groups in total. The van der Waals surface area contributed by atoms with Gasteiger partial charge in [-0.1, -0.05) is 0 Å². The fraction of sp³-hybridized carbons (Fsp3) is 0.800. The summed E-state index contributed by atoms with van der Waals surface area (Å²) in [7, 11) is 0. The number of fused-ring (bicyclic) bond motifs is 1. The predicted octanol–water partition coefficient (Wildman–Crippen LogP) is 1.68. The van der Waals surface area contributed by atoms with Crippen LogP contribution in [0.2, 0.25) is 0 Å². The van der Waals surface area contributed by atoms with E-state index < -0.39 is 12.1 Å². The van der Waals surface area contributed by atoms with Crippen molar-refractivity contribution in [2.45, 2.75) is 32.1 Å². The Balaban J connectivity index is 1.33. The number of aliphatic carboxylic acids is 1. The van der Waals surface area contributed by atoms with Gasteiger partial charge in [0.2, 0.25) is 0 Å². The first-order valence-corrected chi connectivity index (χ1v) is 10.00. The van der Waals surface area contributed by atoms with Crippen LogP contribution in [-0.4, -0.2) is 70.0 Å². The molecule has 0 aromatic heterocycles. The number of rotatable bonds is 14. The molecule has 8 nitrogen and oxygen atoms in total. The van der Waals surface area contributed by atoms with Gasteiger partial charge in [-0.15, -0.1) is 11.8 Å². The lowest BCUT2D eigenvalue weighted by molar-refractivity contribution is -0.138. The topological polar surface area (TPSA) is 103 Å². The molecule has 8 heteroatoms. The average Bonchev–Trinajstić information content (AvgIpc) is 3.29. The number of carbonyl (C=O) groups is 2. The van der Waals surface area contributed by atoms with Crippen LogP contribution in [0.3, 0.4) is 0 Å². The van der Waals surface area contributed by atoms with Gasteiger partial charge in [-0.2, -0.15) is 0 Å². The fourth-order valence-electron chi connectivity index (χ4n) is 3.43. The van der Waals surface area contributed by atoms with E-state index in [0.29, 0.717) is 63.9 Å². The summed E-state index contributed by atoms with van der Waals surface area (Å²) in [4.78, 5) is 22.0. The summed E-state index contributed by atoms with van der Waals surface area (Å²) in [5.41, 5.74) is 0. The molecule has 2 rings (SSSR count). The van der Waals surface area contributed by atoms with Gasteiger partial charge in [0.05, 0.1) is 52.7 Å². The lowest BCUT2D eigenvalue weighted by atomic mass is 10.1. The van der Waals surface area contributed by atoms with Gasteiger partial charge in [0, 0.05) is 19.4 Å². The van der Waals surface area contributed by atoms with Crippen LogP contribution in [0.15, 0.2) is 0 Å². The normalized spacial score (nSPS) is 22.8. The monoisotopic (exact) mass is 397 g/mol. The standard InChI is InChI=1S/C20H31NO7/c22-19(23)7-9-25-11-13-27-14-12-26-10-8-21-20(24)28-15-18-16-5-3-1-2-4-6-17(16)18/h16-18H,3-15H2,(H,21,24)(H,22,23). The lowest BCUT2D eigenvalue weighted by Crippen LogP contribution is -2.29. The minimum atomic E-state index is -0.877. The molecule has 0 spiro atoms. The lowest BCUT2D eigenvalue weighted by Gasteiger charge is -2.08. The molecule has 0 aromatic carbocycles. The molecule has 0 aromatic rings. The van der Waals surface area contributed by atoms with E-state index in [9.17, 15) is 9.59 Å². The highest BCUT2D eigenvalue weighted by molar-refractivity contribution is 5.67. The van der Waals surface area contributed by atoms with E-state index in [4.69, 9.17) is 24.1 Å². The van der Waals surface area contributed by atoms with Crippen molar-refractivity contribution in [3.8, 4) is 11.8 Å². The van der Waals surface area contributed by atoms with E-state index in [0.717, 1.165) is 25.7 Å². The molecule has 2 unspecified atom stereocenters. The summed E-state index contributed by atoms with van der Waals surface area (Å²) in [6.07, 6.45) is 3.77. The zero-order valence-electron chi connectivity index (χ0n) is 16.3. The minimum absolute atomic E-state index is 0.00464. The van der Waals surface area contributed by atoms with Gasteiger partial charge in [0.1, 0.15) is 0 Å². The molecule has 0 radical (unpaired) electrons. The highest BCUT2D eigenvalue weighted by atomic mass is 16.6. The third-order valence-electron chi connectivity index (χ3n) is 4.97. The van der Waals surface area contributed by atoms with Gasteiger partial charge >= 0.3 is 12.1 Å². The first-order chi connectivity index (χ1) is 13.7. The minimum Gasteiger partial charge on any atom is -0.481 e.